The van der Waals surface area contributed by atoms with Gasteiger partial charge in [0.2, 0.25) is 5.91 Å². The smallest absolute Gasteiger partial charge is 0.269 e. The van der Waals surface area contributed by atoms with Crippen molar-refractivity contribution in [2.24, 2.45) is 0 Å². The standard InChI is InChI=1S/C18H17N3O6/c22-18-12-27-17(14-3-7-16(8-4-14)21(25)26)11-19(18)10-9-13-1-5-15(6-2-13)20(23)24/h1-8,17H,9-12H2. The fraction of sp³-hybridized carbons (Fsp3) is 0.278. The summed E-state index contributed by atoms with van der Waals surface area (Å²) >= 11 is 0. The van der Waals surface area contributed by atoms with Crippen molar-refractivity contribution in [1.29, 1.82) is 0 Å². The Kier molecular flexibility index (Phi) is 5.41. The molecular formula is C18H17N3O6. The monoisotopic (exact) mass is 371 g/mol. The number of morpholine rings is 1. The molecule has 1 aliphatic rings. The Bertz CT molecular complexity index is 850. The lowest BCUT2D eigenvalue weighted by Gasteiger charge is -2.33. The maximum atomic E-state index is 12.1. The quantitative estimate of drug-likeness (QED) is 0.569. The van der Waals surface area contributed by atoms with Gasteiger partial charge < -0.3 is 9.64 Å². The van der Waals surface area contributed by atoms with Crippen molar-refractivity contribution >= 4 is 17.3 Å². The molecule has 1 aliphatic heterocycles. The van der Waals surface area contributed by atoms with E-state index in [0.717, 1.165) is 11.1 Å². The maximum absolute atomic E-state index is 12.1. The average molecular weight is 371 g/mol. The molecule has 27 heavy (non-hydrogen) atoms. The molecule has 1 fully saturated rings. The van der Waals surface area contributed by atoms with Crippen LogP contribution in [0.3, 0.4) is 0 Å². The van der Waals surface area contributed by atoms with Crippen LogP contribution >= 0.6 is 0 Å². The maximum Gasteiger partial charge on any atom is 0.269 e. The van der Waals surface area contributed by atoms with Crippen molar-refractivity contribution in [3.63, 3.8) is 0 Å². The topological polar surface area (TPSA) is 116 Å². The van der Waals surface area contributed by atoms with Gasteiger partial charge in [-0.1, -0.05) is 12.1 Å². The van der Waals surface area contributed by atoms with Gasteiger partial charge in [0.15, 0.2) is 0 Å². The van der Waals surface area contributed by atoms with Crippen LogP contribution in [0.4, 0.5) is 11.4 Å². The molecule has 0 bridgehead atoms. The number of carbonyl (C=O) groups excluding carboxylic acids is 1. The fourth-order valence-electron chi connectivity index (χ4n) is 2.89. The molecule has 0 aromatic heterocycles. The minimum Gasteiger partial charge on any atom is -0.362 e. The lowest BCUT2D eigenvalue weighted by Crippen LogP contribution is -2.44. The lowest BCUT2D eigenvalue weighted by molar-refractivity contribution is -0.385. The Morgan fingerprint density at radius 1 is 0.963 bits per heavy atom. The summed E-state index contributed by atoms with van der Waals surface area (Å²) in [7, 11) is 0. The van der Waals surface area contributed by atoms with Gasteiger partial charge in [0.25, 0.3) is 11.4 Å². The van der Waals surface area contributed by atoms with Crippen LogP contribution in [0.1, 0.15) is 17.2 Å². The van der Waals surface area contributed by atoms with E-state index in [1.165, 1.54) is 24.3 Å². The first kappa shape index (κ1) is 18.5. The van der Waals surface area contributed by atoms with E-state index in [4.69, 9.17) is 4.74 Å². The zero-order chi connectivity index (χ0) is 19.4. The van der Waals surface area contributed by atoms with E-state index in [-0.39, 0.29) is 30.0 Å². The van der Waals surface area contributed by atoms with E-state index in [0.29, 0.717) is 19.5 Å². The molecule has 1 amide bonds. The summed E-state index contributed by atoms with van der Waals surface area (Å²) in [5, 5.41) is 21.4. The molecule has 2 aromatic carbocycles. The highest BCUT2D eigenvalue weighted by Crippen LogP contribution is 2.25. The number of ether oxygens (including phenoxy) is 1. The SMILES string of the molecule is O=C1COC(c2ccc([N+](=O)[O-])cc2)CN1CCc1ccc([N+](=O)[O-])cc1. The van der Waals surface area contributed by atoms with Gasteiger partial charge in [-0.3, -0.25) is 25.0 Å². The predicted octanol–water partition coefficient (Wildman–Crippen LogP) is 2.65. The second-order valence-electron chi connectivity index (χ2n) is 6.16. The number of amides is 1. The lowest BCUT2D eigenvalue weighted by atomic mass is 10.1. The van der Waals surface area contributed by atoms with Gasteiger partial charge in [0.05, 0.1) is 16.4 Å². The average Bonchev–Trinajstić information content (AvgIpc) is 2.67. The molecule has 140 valence electrons. The fourth-order valence-corrected chi connectivity index (χ4v) is 2.89. The molecule has 9 nitrogen and oxygen atoms in total. The molecule has 1 heterocycles. The van der Waals surface area contributed by atoms with E-state index in [1.54, 1.807) is 29.2 Å². The number of nitrogens with zero attached hydrogens (tertiary/aromatic N) is 3. The van der Waals surface area contributed by atoms with E-state index in [1.807, 2.05) is 0 Å². The van der Waals surface area contributed by atoms with Crippen LogP contribution in [0.15, 0.2) is 48.5 Å². The van der Waals surface area contributed by atoms with Crippen molar-refractivity contribution in [3.05, 3.63) is 79.9 Å². The molecule has 1 atom stereocenters. The number of hydrogen-bond donors (Lipinski definition) is 0. The normalized spacial score (nSPS) is 17.0. The first-order chi connectivity index (χ1) is 12.9. The van der Waals surface area contributed by atoms with E-state index >= 15 is 0 Å². The molecule has 0 aliphatic carbocycles. The Morgan fingerprint density at radius 3 is 2.07 bits per heavy atom. The van der Waals surface area contributed by atoms with Crippen LogP contribution in [0.25, 0.3) is 0 Å². The largest absolute Gasteiger partial charge is 0.362 e. The third-order valence-corrected chi connectivity index (χ3v) is 4.44. The summed E-state index contributed by atoms with van der Waals surface area (Å²) in [5.41, 5.74) is 1.69. The summed E-state index contributed by atoms with van der Waals surface area (Å²) in [6, 6.07) is 12.3. The number of non-ortho nitro benzene ring substituents is 2. The molecule has 0 radical (unpaired) electrons. The molecule has 0 spiro atoms. The highest BCUT2D eigenvalue weighted by molar-refractivity contribution is 5.78. The van der Waals surface area contributed by atoms with Crippen molar-refractivity contribution in [1.82, 2.24) is 4.90 Å². The van der Waals surface area contributed by atoms with Gasteiger partial charge in [0.1, 0.15) is 12.7 Å². The summed E-state index contributed by atoms with van der Waals surface area (Å²) < 4.78 is 5.56. The number of benzene rings is 2. The van der Waals surface area contributed by atoms with Crippen LogP contribution in [0, 0.1) is 20.2 Å². The summed E-state index contributed by atoms with van der Waals surface area (Å²) in [5.74, 6) is -0.130. The Morgan fingerprint density at radius 2 is 1.52 bits per heavy atom. The summed E-state index contributed by atoms with van der Waals surface area (Å²) in [4.78, 5) is 34.3. The zero-order valence-corrected chi connectivity index (χ0v) is 14.3. The Labute approximate surface area is 154 Å². The third kappa shape index (κ3) is 4.45. The summed E-state index contributed by atoms with van der Waals surface area (Å²) in [6.45, 7) is 0.759. The van der Waals surface area contributed by atoms with Crippen molar-refractivity contribution in [2.45, 2.75) is 12.5 Å². The molecule has 3 rings (SSSR count). The second-order valence-corrected chi connectivity index (χ2v) is 6.16. The van der Waals surface area contributed by atoms with Gasteiger partial charge in [-0.25, -0.2) is 0 Å². The second kappa shape index (κ2) is 7.92. The van der Waals surface area contributed by atoms with Crippen molar-refractivity contribution in [2.75, 3.05) is 19.7 Å². The number of hydrogen-bond acceptors (Lipinski definition) is 6. The minimum absolute atomic E-state index is 0.000614. The van der Waals surface area contributed by atoms with Crippen LogP contribution in [-0.4, -0.2) is 40.4 Å². The van der Waals surface area contributed by atoms with E-state index in [2.05, 4.69) is 0 Å². The van der Waals surface area contributed by atoms with Gasteiger partial charge in [0, 0.05) is 30.8 Å². The summed E-state index contributed by atoms with van der Waals surface area (Å²) in [6.07, 6.45) is 0.219. The molecular weight excluding hydrogens is 354 g/mol. The molecule has 1 saturated heterocycles. The number of nitro benzene ring substituents is 2. The van der Waals surface area contributed by atoms with E-state index in [9.17, 15) is 25.0 Å². The first-order valence-electron chi connectivity index (χ1n) is 8.31. The predicted molar refractivity (Wildman–Crippen MR) is 95.2 cm³/mol. The Balaban J connectivity index is 1.62. The molecule has 1 unspecified atom stereocenters. The number of nitro groups is 2. The minimum atomic E-state index is -0.467. The molecule has 9 heteroatoms. The van der Waals surface area contributed by atoms with E-state index < -0.39 is 9.85 Å². The van der Waals surface area contributed by atoms with Crippen LogP contribution in [-0.2, 0) is 16.0 Å². The zero-order valence-electron chi connectivity index (χ0n) is 14.3. The van der Waals surface area contributed by atoms with Crippen molar-refractivity contribution < 1.29 is 19.4 Å². The van der Waals surface area contributed by atoms with Gasteiger partial charge in [-0.2, -0.15) is 0 Å². The highest BCUT2D eigenvalue weighted by Gasteiger charge is 2.27. The van der Waals surface area contributed by atoms with Crippen LogP contribution in [0.5, 0.6) is 0 Å². The van der Waals surface area contributed by atoms with Gasteiger partial charge in [-0.05, 0) is 29.7 Å². The Hall–Kier alpha value is -3.33. The van der Waals surface area contributed by atoms with Crippen LogP contribution in [0.2, 0.25) is 0 Å². The molecule has 0 N–H and O–H groups in total. The van der Waals surface area contributed by atoms with Gasteiger partial charge in [-0.15, -0.1) is 0 Å². The molecule has 2 aromatic rings. The van der Waals surface area contributed by atoms with Gasteiger partial charge >= 0.3 is 0 Å². The third-order valence-electron chi connectivity index (χ3n) is 4.44. The first-order valence-corrected chi connectivity index (χ1v) is 8.31. The van der Waals surface area contributed by atoms with Crippen LogP contribution < -0.4 is 0 Å². The van der Waals surface area contributed by atoms with Crippen molar-refractivity contribution in [3.8, 4) is 0 Å². The number of rotatable bonds is 6. The molecule has 0 saturated carbocycles. The highest BCUT2D eigenvalue weighted by atomic mass is 16.6. The number of carbonyl (C=O) groups is 1.